The van der Waals surface area contributed by atoms with Crippen molar-refractivity contribution in [1.29, 1.82) is 0 Å². The molecule has 0 saturated heterocycles. The van der Waals surface area contributed by atoms with Crippen LogP contribution in [0.25, 0.3) is 0 Å². The monoisotopic (exact) mass is 206 g/mol. The predicted octanol–water partition coefficient (Wildman–Crippen LogP) is -0.218. The van der Waals surface area contributed by atoms with Crippen LogP contribution in [0.4, 0.5) is 0 Å². The zero-order valence-electron chi connectivity index (χ0n) is 6.95. The van der Waals surface area contributed by atoms with Crippen LogP contribution < -0.4 is 0 Å². The van der Waals surface area contributed by atoms with Crippen molar-refractivity contribution in [3.05, 3.63) is 18.2 Å². The minimum atomic E-state index is -4.46. The molecule has 0 bridgehead atoms. The summed E-state index contributed by atoms with van der Waals surface area (Å²) in [7, 11) is -4.46. The number of aryl methyl sites for hydroxylation is 1. The first-order chi connectivity index (χ1) is 5.96. The summed E-state index contributed by atoms with van der Waals surface area (Å²) in [4.78, 5) is 3.65. The fraction of sp³-hybridized carbons (Fsp3) is 0.500. The van der Waals surface area contributed by atoms with Crippen LogP contribution in [0.1, 0.15) is 18.1 Å². The zero-order chi connectivity index (χ0) is 10.1. The lowest BCUT2D eigenvalue weighted by Crippen LogP contribution is -2.15. The molecule has 0 aliphatic rings. The molecule has 74 valence electrons. The van der Waals surface area contributed by atoms with E-state index in [0.29, 0.717) is 6.54 Å². The smallest absolute Gasteiger partial charge is 0.298 e. The molecule has 0 aliphatic carbocycles. The minimum absolute atomic E-state index is 0.0602. The van der Waals surface area contributed by atoms with Gasteiger partial charge < -0.3 is 9.67 Å². The lowest BCUT2D eigenvalue weighted by atomic mass is 10.5. The summed E-state index contributed by atoms with van der Waals surface area (Å²) >= 11 is 0. The normalized spacial score (nSPS) is 14.4. The Hall–Kier alpha value is -0.920. The second-order valence-corrected chi connectivity index (χ2v) is 3.95. The van der Waals surface area contributed by atoms with Crippen molar-refractivity contribution >= 4 is 10.1 Å². The minimum Gasteiger partial charge on any atom is -0.370 e. The van der Waals surface area contributed by atoms with Crippen LogP contribution >= 0.6 is 0 Å². The molecule has 1 aromatic rings. The molecule has 0 radical (unpaired) electrons. The van der Waals surface area contributed by atoms with Gasteiger partial charge in [-0.05, 0) is 6.92 Å². The average Bonchev–Trinajstić information content (AvgIpc) is 2.48. The summed E-state index contributed by atoms with van der Waals surface area (Å²) in [5, 5.41) is 9.16. The second kappa shape index (κ2) is 3.44. The summed E-state index contributed by atoms with van der Waals surface area (Å²) < 4.78 is 31.1. The Morgan fingerprint density at radius 2 is 2.31 bits per heavy atom. The van der Waals surface area contributed by atoms with Crippen LogP contribution in [-0.4, -0.2) is 27.6 Å². The fourth-order valence-electron chi connectivity index (χ4n) is 0.953. The number of nitrogens with zero attached hydrogens (tertiary/aromatic N) is 2. The van der Waals surface area contributed by atoms with Gasteiger partial charge in [0.1, 0.15) is 0 Å². The van der Waals surface area contributed by atoms with Crippen molar-refractivity contribution in [2.45, 2.75) is 18.9 Å². The Kier molecular flexibility index (Phi) is 2.69. The standard InChI is InChI=1S/C6H10N2O4S/c1-2-8-4-7-3-5(8)6(9)13(10,11)12/h3-4,6,9H,2H2,1H3,(H,10,11,12). The topological polar surface area (TPSA) is 92.4 Å². The van der Waals surface area contributed by atoms with Crippen LogP contribution in [0.15, 0.2) is 12.5 Å². The molecular formula is C6H10N2O4S. The Balaban J connectivity index is 3.08. The molecule has 7 heteroatoms. The Morgan fingerprint density at radius 3 is 2.77 bits per heavy atom. The van der Waals surface area contributed by atoms with Gasteiger partial charge in [0, 0.05) is 6.54 Å². The Morgan fingerprint density at radius 1 is 1.69 bits per heavy atom. The number of aliphatic hydroxyl groups is 1. The molecule has 0 aliphatic heterocycles. The van der Waals surface area contributed by atoms with Crippen molar-refractivity contribution in [1.82, 2.24) is 9.55 Å². The number of imidazole rings is 1. The number of aliphatic hydroxyl groups excluding tert-OH is 1. The second-order valence-electron chi connectivity index (χ2n) is 2.47. The van der Waals surface area contributed by atoms with Gasteiger partial charge in [-0.2, -0.15) is 8.42 Å². The van der Waals surface area contributed by atoms with E-state index in [2.05, 4.69) is 4.98 Å². The van der Waals surface area contributed by atoms with Gasteiger partial charge in [0.25, 0.3) is 10.1 Å². The molecule has 1 heterocycles. The Bertz CT molecular complexity index is 383. The van der Waals surface area contributed by atoms with Gasteiger partial charge in [-0.3, -0.25) is 4.55 Å². The molecule has 0 aromatic carbocycles. The number of hydrogen-bond acceptors (Lipinski definition) is 4. The summed E-state index contributed by atoms with van der Waals surface area (Å²) in [5.74, 6) is 0. The van der Waals surface area contributed by atoms with E-state index in [9.17, 15) is 8.42 Å². The van der Waals surface area contributed by atoms with E-state index in [0.717, 1.165) is 0 Å². The zero-order valence-corrected chi connectivity index (χ0v) is 7.77. The predicted molar refractivity (Wildman–Crippen MR) is 44.4 cm³/mol. The van der Waals surface area contributed by atoms with Crippen molar-refractivity contribution in [3.63, 3.8) is 0 Å². The molecule has 0 fully saturated rings. The molecule has 1 atom stereocenters. The Labute approximate surface area is 75.6 Å². The third-order valence-electron chi connectivity index (χ3n) is 1.62. The highest BCUT2D eigenvalue weighted by atomic mass is 32.2. The number of hydrogen-bond donors (Lipinski definition) is 2. The highest BCUT2D eigenvalue weighted by molar-refractivity contribution is 7.85. The first kappa shape index (κ1) is 10.2. The number of aromatic nitrogens is 2. The molecule has 13 heavy (non-hydrogen) atoms. The summed E-state index contributed by atoms with van der Waals surface area (Å²) in [6.07, 6.45) is 2.58. The van der Waals surface area contributed by atoms with Crippen LogP contribution in [0.5, 0.6) is 0 Å². The van der Waals surface area contributed by atoms with Gasteiger partial charge >= 0.3 is 0 Å². The van der Waals surface area contributed by atoms with E-state index in [1.807, 2.05) is 0 Å². The maximum Gasteiger partial charge on any atom is 0.298 e. The van der Waals surface area contributed by atoms with Crippen molar-refractivity contribution < 1.29 is 18.1 Å². The maximum absolute atomic E-state index is 10.6. The van der Waals surface area contributed by atoms with Gasteiger partial charge in [0.05, 0.1) is 18.2 Å². The van der Waals surface area contributed by atoms with Crippen molar-refractivity contribution in [3.8, 4) is 0 Å². The van der Waals surface area contributed by atoms with Gasteiger partial charge in [-0.25, -0.2) is 4.98 Å². The SMILES string of the molecule is CCn1cncc1C(O)S(=O)(=O)O. The molecule has 1 aromatic heterocycles. The summed E-state index contributed by atoms with van der Waals surface area (Å²) in [6, 6.07) is 0. The van der Waals surface area contributed by atoms with E-state index in [1.165, 1.54) is 17.1 Å². The van der Waals surface area contributed by atoms with E-state index in [-0.39, 0.29) is 5.69 Å². The van der Waals surface area contributed by atoms with Gasteiger partial charge in [0.15, 0.2) is 0 Å². The molecule has 2 N–H and O–H groups in total. The van der Waals surface area contributed by atoms with E-state index in [4.69, 9.17) is 9.66 Å². The van der Waals surface area contributed by atoms with Gasteiger partial charge in [-0.15, -0.1) is 0 Å². The number of rotatable bonds is 3. The molecule has 0 spiro atoms. The van der Waals surface area contributed by atoms with Crippen molar-refractivity contribution in [2.24, 2.45) is 0 Å². The molecule has 1 rings (SSSR count). The highest BCUT2D eigenvalue weighted by Gasteiger charge is 2.24. The van der Waals surface area contributed by atoms with Gasteiger partial charge in [0.2, 0.25) is 5.44 Å². The van der Waals surface area contributed by atoms with Gasteiger partial charge in [-0.1, -0.05) is 0 Å². The molecule has 1 unspecified atom stereocenters. The van der Waals surface area contributed by atoms with Crippen molar-refractivity contribution in [2.75, 3.05) is 0 Å². The third-order valence-corrected chi connectivity index (χ3v) is 2.43. The van der Waals surface area contributed by atoms with Crippen LogP contribution in [0, 0.1) is 0 Å². The van der Waals surface area contributed by atoms with E-state index >= 15 is 0 Å². The third kappa shape index (κ3) is 2.06. The van der Waals surface area contributed by atoms with Crippen LogP contribution in [-0.2, 0) is 16.7 Å². The summed E-state index contributed by atoms with van der Waals surface area (Å²) in [5.41, 5.74) is -1.86. The maximum atomic E-state index is 10.6. The van der Waals surface area contributed by atoms with E-state index in [1.54, 1.807) is 6.92 Å². The molecule has 0 amide bonds. The molecule has 0 saturated carbocycles. The quantitative estimate of drug-likeness (QED) is 0.667. The molecular weight excluding hydrogens is 196 g/mol. The van der Waals surface area contributed by atoms with E-state index < -0.39 is 15.6 Å². The lowest BCUT2D eigenvalue weighted by molar-refractivity contribution is 0.229. The highest BCUT2D eigenvalue weighted by Crippen LogP contribution is 2.17. The fourth-order valence-corrected chi connectivity index (χ4v) is 1.45. The van der Waals surface area contributed by atoms with Crippen LogP contribution in [0.2, 0.25) is 0 Å². The van der Waals surface area contributed by atoms with Crippen LogP contribution in [0.3, 0.4) is 0 Å². The average molecular weight is 206 g/mol. The molecule has 6 nitrogen and oxygen atoms in total. The largest absolute Gasteiger partial charge is 0.370 e. The summed E-state index contributed by atoms with van der Waals surface area (Å²) in [6.45, 7) is 2.24. The lowest BCUT2D eigenvalue weighted by Gasteiger charge is -2.08. The first-order valence-electron chi connectivity index (χ1n) is 3.61. The first-order valence-corrected chi connectivity index (χ1v) is 5.11.